The highest BCUT2D eigenvalue weighted by Gasteiger charge is 2.16. The lowest BCUT2D eigenvalue weighted by atomic mass is 9.99. The van der Waals surface area contributed by atoms with E-state index in [-0.39, 0.29) is 0 Å². The van der Waals surface area contributed by atoms with Crippen molar-refractivity contribution in [2.45, 2.75) is 0 Å². The minimum absolute atomic E-state index is 0.896. The molecule has 296 valence electrons. The first-order valence-corrected chi connectivity index (χ1v) is 21.4. The molecule has 0 amide bonds. The van der Waals surface area contributed by atoms with Crippen LogP contribution in [0.15, 0.2) is 245 Å². The van der Waals surface area contributed by atoms with Crippen molar-refractivity contribution in [2.24, 2.45) is 0 Å². The zero-order valence-corrected chi connectivity index (χ0v) is 34.3. The molecule has 0 saturated heterocycles. The van der Waals surface area contributed by atoms with Crippen LogP contribution in [0, 0.1) is 0 Å². The lowest BCUT2D eigenvalue weighted by Crippen LogP contribution is -2.09. The van der Waals surface area contributed by atoms with Crippen molar-refractivity contribution >= 4 is 60.9 Å². The van der Waals surface area contributed by atoms with Gasteiger partial charge in [0.15, 0.2) is 0 Å². The van der Waals surface area contributed by atoms with Gasteiger partial charge in [0, 0.05) is 38.6 Å². The molecule has 10 aromatic carbocycles. The normalized spacial score (nSPS) is 11.5. The largest absolute Gasteiger partial charge is 0.456 e. The highest BCUT2D eigenvalue weighted by atomic mass is 16.3. The standard InChI is InChI=1S/C60H39NO2/c1-2-8-40(9-3-1)41-14-16-42(17-15-41)44-22-30-50(31-23-44)61(52-34-26-47(27-35-52)49-29-37-56-54-11-5-7-13-58(54)63-60(56)39-49)51-32-24-45(25-33-51)43-18-20-46(21-19-43)48-28-36-55-53-10-4-6-12-57(53)62-59(55)38-48/h1-39H. The highest BCUT2D eigenvalue weighted by molar-refractivity contribution is 6.07. The Hall–Kier alpha value is -8.40. The summed E-state index contributed by atoms with van der Waals surface area (Å²) in [5.74, 6) is 0. The first-order valence-electron chi connectivity index (χ1n) is 21.4. The second-order valence-electron chi connectivity index (χ2n) is 16.1. The van der Waals surface area contributed by atoms with Crippen LogP contribution in [0.4, 0.5) is 17.1 Å². The SMILES string of the molecule is c1ccc(-c2ccc(-c3ccc(N(c4ccc(-c5ccc(-c6ccc7c(c6)oc6ccccc67)cc5)cc4)c4ccc(-c5ccc6c(c5)oc5ccccc56)cc4)cc3)cc2)cc1. The molecule has 0 fully saturated rings. The number of nitrogens with zero attached hydrogens (tertiary/aromatic N) is 1. The van der Waals surface area contributed by atoms with Gasteiger partial charge < -0.3 is 13.7 Å². The highest BCUT2D eigenvalue weighted by Crippen LogP contribution is 2.40. The summed E-state index contributed by atoms with van der Waals surface area (Å²) in [4.78, 5) is 2.33. The van der Waals surface area contributed by atoms with Crippen LogP contribution < -0.4 is 4.90 Å². The topological polar surface area (TPSA) is 29.5 Å². The number of benzene rings is 10. The maximum absolute atomic E-state index is 6.24. The first kappa shape index (κ1) is 36.5. The molecule has 0 unspecified atom stereocenters. The molecule has 12 aromatic rings. The molecule has 63 heavy (non-hydrogen) atoms. The van der Waals surface area contributed by atoms with Gasteiger partial charge in [0.05, 0.1) is 0 Å². The Balaban J connectivity index is 0.854. The summed E-state index contributed by atoms with van der Waals surface area (Å²) in [6, 6.07) is 84.2. The Morgan fingerprint density at radius 1 is 0.206 bits per heavy atom. The number of rotatable bonds is 8. The van der Waals surface area contributed by atoms with Gasteiger partial charge in [-0.15, -0.1) is 0 Å². The minimum atomic E-state index is 0.896. The van der Waals surface area contributed by atoms with E-state index >= 15 is 0 Å². The van der Waals surface area contributed by atoms with E-state index in [1.54, 1.807) is 0 Å². The Morgan fingerprint density at radius 2 is 0.476 bits per heavy atom. The third-order valence-corrected chi connectivity index (χ3v) is 12.3. The van der Waals surface area contributed by atoms with Gasteiger partial charge in [-0.3, -0.25) is 0 Å². The molecule has 0 aliphatic carbocycles. The van der Waals surface area contributed by atoms with Crippen molar-refractivity contribution in [1.29, 1.82) is 0 Å². The molecular weight excluding hydrogens is 767 g/mol. The lowest BCUT2D eigenvalue weighted by molar-refractivity contribution is 0.668. The average Bonchev–Trinajstić information content (AvgIpc) is 3.93. The van der Waals surface area contributed by atoms with Crippen LogP contribution >= 0.6 is 0 Å². The summed E-state index contributed by atoms with van der Waals surface area (Å²) < 4.78 is 12.4. The van der Waals surface area contributed by atoms with E-state index in [2.05, 4.69) is 217 Å². The number of para-hydroxylation sites is 2. The van der Waals surface area contributed by atoms with Gasteiger partial charge in [-0.1, -0.05) is 164 Å². The van der Waals surface area contributed by atoms with E-state index < -0.39 is 0 Å². The Bertz CT molecular complexity index is 3560. The maximum Gasteiger partial charge on any atom is 0.136 e. The predicted molar refractivity (Wildman–Crippen MR) is 263 cm³/mol. The summed E-state index contributed by atoms with van der Waals surface area (Å²) in [5, 5.41) is 4.56. The van der Waals surface area contributed by atoms with Gasteiger partial charge in [0.2, 0.25) is 0 Å². The molecule has 0 N–H and O–H groups in total. The zero-order chi connectivity index (χ0) is 41.7. The third-order valence-electron chi connectivity index (χ3n) is 12.3. The Labute approximate surface area is 365 Å². The van der Waals surface area contributed by atoms with Gasteiger partial charge in [0.25, 0.3) is 0 Å². The molecule has 0 radical (unpaired) electrons. The molecule has 2 aromatic heterocycles. The van der Waals surface area contributed by atoms with E-state index in [1.807, 2.05) is 24.3 Å². The summed E-state index contributed by atoms with van der Waals surface area (Å²) in [6.45, 7) is 0. The molecule has 0 aliphatic heterocycles. The van der Waals surface area contributed by atoms with Crippen molar-refractivity contribution in [2.75, 3.05) is 4.90 Å². The first-order chi connectivity index (χ1) is 31.2. The lowest BCUT2D eigenvalue weighted by Gasteiger charge is -2.26. The molecular formula is C60H39NO2. The Kier molecular flexibility index (Phi) is 8.83. The quantitative estimate of drug-likeness (QED) is 0.153. The number of hydrogen-bond acceptors (Lipinski definition) is 3. The predicted octanol–water partition coefficient (Wildman–Crippen LogP) is 17.3. The number of anilines is 3. The number of hydrogen-bond donors (Lipinski definition) is 0. The molecule has 0 bridgehead atoms. The van der Waals surface area contributed by atoms with Gasteiger partial charge in [0.1, 0.15) is 22.3 Å². The summed E-state index contributed by atoms with van der Waals surface area (Å²) in [7, 11) is 0. The zero-order valence-electron chi connectivity index (χ0n) is 34.3. The molecule has 3 heteroatoms. The molecule has 0 spiro atoms. The van der Waals surface area contributed by atoms with E-state index in [0.29, 0.717) is 0 Å². The molecule has 0 saturated carbocycles. The van der Waals surface area contributed by atoms with Crippen LogP contribution in [-0.4, -0.2) is 0 Å². The van der Waals surface area contributed by atoms with E-state index in [1.165, 1.54) is 22.3 Å². The Morgan fingerprint density at radius 3 is 0.857 bits per heavy atom. The van der Waals surface area contributed by atoms with Crippen molar-refractivity contribution in [3.05, 3.63) is 237 Å². The monoisotopic (exact) mass is 805 g/mol. The molecule has 3 nitrogen and oxygen atoms in total. The number of furan rings is 2. The number of fused-ring (bicyclic) bond motifs is 6. The fourth-order valence-corrected chi connectivity index (χ4v) is 9.01. The molecule has 0 atom stereocenters. The van der Waals surface area contributed by atoms with Crippen LogP contribution in [0.5, 0.6) is 0 Å². The van der Waals surface area contributed by atoms with Crippen LogP contribution in [0.3, 0.4) is 0 Å². The van der Waals surface area contributed by atoms with Crippen molar-refractivity contribution in [3.63, 3.8) is 0 Å². The fourth-order valence-electron chi connectivity index (χ4n) is 9.01. The van der Waals surface area contributed by atoms with Gasteiger partial charge in [-0.2, -0.15) is 0 Å². The maximum atomic E-state index is 6.24. The van der Waals surface area contributed by atoms with Gasteiger partial charge in [-0.05, 0) is 128 Å². The van der Waals surface area contributed by atoms with Gasteiger partial charge >= 0.3 is 0 Å². The second-order valence-corrected chi connectivity index (χ2v) is 16.1. The minimum Gasteiger partial charge on any atom is -0.456 e. The van der Waals surface area contributed by atoms with E-state index in [9.17, 15) is 0 Å². The van der Waals surface area contributed by atoms with Crippen molar-refractivity contribution in [3.8, 4) is 55.6 Å². The van der Waals surface area contributed by atoms with Crippen LogP contribution in [-0.2, 0) is 0 Å². The summed E-state index contributed by atoms with van der Waals surface area (Å²) in [5.41, 5.74) is 18.5. The van der Waals surface area contributed by atoms with E-state index in [0.717, 1.165) is 94.3 Å². The molecule has 0 aliphatic rings. The summed E-state index contributed by atoms with van der Waals surface area (Å²) >= 11 is 0. The van der Waals surface area contributed by atoms with Crippen LogP contribution in [0.25, 0.3) is 99.5 Å². The summed E-state index contributed by atoms with van der Waals surface area (Å²) in [6.07, 6.45) is 0. The third kappa shape index (κ3) is 6.73. The second kappa shape index (κ2) is 15.3. The smallest absolute Gasteiger partial charge is 0.136 e. The average molecular weight is 806 g/mol. The fraction of sp³-hybridized carbons (Fsp3) is 0. The van der Waals surface area contributed by atoms with Gasteiger partial charge in [-0.25, -0.2) is 0 Å². The molecule has 12 rings (SSSR count). The van der Waals surface area contributed by atoms with Crippen molar-refractivity contribution < 1.29 is 8.83 Å². The molecule has 2 heterocycles. The van der Waals surface area contributed by atoms with Crippen LogP contribution in [0.1, 0.15) is 0 Å². The van der Waals surface area contributed by atoms with E-state index in [4.69, 9.17) is 8.83 Å². The van der Waals surface area contributed by atoms with Crippen LogP contribution in [0.2, 0.25) is 0 Å². The van der Waals surface area contributed by atoms with Crippen molar-refractivity contribution in [1.82, 2.24) is 0 Å².